The molecule has 5 heteroatoms. The lowest BCUT2D eigenvalue weighted by atomic mass is 9.88. The Morgan fingerprint density at radius 2 is 2.00 bits per heavy atom. The topological polar surface area (TPSA) is 58.6 Å². The summed E-state index contributed by atoms with van der Waals surface area (Å²) in [6, 6.07) is 0. The zero-order valence-electron chi connectivity index (χ0n) is 12.6. The zero-order valence-corrected chi connectivity index (χ0v) is 12.6. The van der Waals surface area contributed by atoms with E-state index in [0.717, 1.165) is 38.6 Å². The Morgan fingerprint density at radius 1 is 1.30 bits per heavy atom. The van der Waals surface area contributed by atoms with E-state index in [1.54, 1.807) is 0 Å². The summed E-state index contributed by atoms with van der Waals surface area (Å²) < 4.78 is 5.06. The van der Waals surface area contributed by atoms with Gasteiger partial charge < -0.3 is 15.0 Å². The van der Waals surface area contributed by atoms with Crippen LogP contribution in [0.2, 0.25) is 0 Å². The first-order chi connectivity index (χ1) is 9.57. The number of carbonyl (C=O) groups is 2. The van der Waals surface area contributed by atoms with Crippen LogP contribution in [0.1, 0.15) is 46.0 Å². The number of rotatable bonds is 3. The lowest BCUT2D eigenvalue weighted by molar-refractivity contribution is -0.152. The molecule has 2 fully saturated rings. The average molecular weight is 282 g/mol. The van der Waals surface area contributed by atoms with Gasteiger partial charge in [-0.1, -0.05) is 0 Å². The standard InChI is InChI=1S/C15H26N2O3/c1-3-20-13(18)12-6-10-17(11-7-12)14(19)15(2)8-4-5-9-16-15/h12,16H,3-11H2,1-2H3. The van der Waals surface area contributed by atoms with Crippen molar-refractivity contribution in [3.05, 3.63) is 0 Å². The van der Waals surface area contributed by atoms with E-state index in [2.05, 4.69) is 5.32 Å². The minimum absolute atomic E-state index is 0.0360. The van der Waals surface area contributed by atoms with Crippen LogP contribution < -0.4 is 5.32 Å². The van der Waals surface area contributed by atoms with Crippen molar-refractivity contribution in [2.45, 2.75) is 51.5 Å². The predicted octanol–water partition coefficient (Wildman–Crippen LogP) is 1.32. The number of esters is 1. The Hall–Kier alpha value is -1.10. The van der Waals surface area contributed by atoms with Gasteiger partial charge in [-0.15, -0.1) is 0 Å². The van der Waals surface area contributed by atoms with Gasteiger partial charge in [0, 0.05) is 13.1 Å². The summed E-state index contributed by atoms with van der Waals surface area (Å²) in [5, 5.41) is 3.36. The second-order valence-corrected chi connectivity index (χ2v) is 6.03. The molecular weight excluding hydrogens is 256 g/mol. The Balaban J connectivity index is 1.87. The van der Waals surface area contributed by atoms with E-state index in [1.807, 2.05) is 18.7 Å². The molecule has 2 saturated heterocycles. The fraction of sp³-hybridized carbons (Fsp3) is 0.867. The fourth-order valence-electron chi connectivity index (χ4n) is 3.17. The van der Waals surface area contributed by atoms with E-state index in [-0.39, 0.29) is 17.8 Å². The van der Waals surface area contributed by atoms with Gasteiger partial charge in [0.25, 0.3) is 0 Å². The second kappa shape index (κ2) is 6.57. The third-order valence-electron chi connectivity index (χ3n) is 4.49. The van der Waals surface area contributed by atoms with Crippen LogP contribution in [-0.4, -0.2) is 48.6 Å². The predicted molar refractivity (Wildman–Crippen MR) is 76.2 cm³/mol. The van der Waals surface area contributed by atoms with Gasteiger partial charge in [-0.25, -0.2) is 0 Å². The summed E-state index contributed by atoms with van der Waals surface area (Å²) in [6.07, 6.45) is 4.60. The van der Waals surface area contributed by atoms with Crippen molar-refractivity contribution in [2.75, 3.05) is 26.2 Å². The molecule has 1 N–H and O–H groups in total. The second-order valence-electron chi connectivity index (χ2n) is 6.03. The molecule has 0 radical (unpaired) electrons. The van der Waals surface area contributed by atoms with Gasteiger partial charge in [-0.3, -0.25) is 9.59 Å². The van der Waals surface area contributed by atoms with Crippen molar-refractivity contribution >= 4 is 11.9 Å². The average Bonchev–Trinajstić information content (AvgIpc) is 2.48. The molecule has 0 aromatic rings. The quantitative estimate of drug-likeness (QED) is 0.793. The maximum atomic E-state index is 12.6. The molecule has 114 valence electrons. The molecule has 0 aliphatic carbocycles. The third-order valence-corrected chi connectivity index (χ3v) is 4.49. The van der Waals surface area contributed by atoms with Crippen molar-refractivity contribution in [1.82, 2.24) is 10.2 Å². The molecule has 20 heavy (non-hydrogen) atoms. The van der Waals surface area contributed by atoms with Gasteiger partial charge in [0.15, 0.2) is 0 Å². The van der Waals surface area contributed by atoms with E-state index in [0.29, 0.717) is 19.7 Å². The first kappa shape index (κ1) is 15.3. The minimum Gasteiger partial charge on any atom is -0.466 e. The molecule has 1 unspecified atom stereocenters. The third kappa shape index (κ3) is 3.32. The Kier molecular flexibility index (Phi) is 5.02. The fourth-order valence-corrected chi connectivity index (χ4v) is 3.17. The monoisotopic (exact) mass is 282 g/mol. The maximum Gasteiger partial charge on any atom is 0.309 e. The zero-order chi connectivity index (χ0) is 14.6. The molecule has 0 aromatic carbocycles. The van der Waals surface area contributed by atoms with Crippen LogP contribution in [-0.2, 0) is 14.3 Å². The van der Waals surface area contributed by atoms with E-state index in [4.69, 9.17) is 4.74 Å². The van der Waals surface area contributed by atoms with Crippen LogP contribution in [0.5, 0.6) is 0 Å². The Bertz CT molecular complexity index is 356. The van der Waals surface area contributed by atoms with E-state index < -0.39 is 5.54 Å². The summed E-state index contributed by atoms with van der Waals surface area (Å²) in [5.41, 5.74) is -0.408. The van der Waals surface area contributed by atoms with Gasteiger partial charge in [0.1, 0.15) is 0 Å². The number of amides is 1. The van der Waals surface area contributed by atoms with Gasteiger partial charge in [0.05, 0.1) is 18.1 Å². The van der Waals surface area contributed by atoms with Crippen molar-refractivity contribution < 1.29 is 14.3 Å². The highest BCUT2D eigenvalue weighted by Gasteiger charge is 2.39. The van der Waals surface area contributed by atoms with Crippen LogP contribution >= 0.6 is 0 Å². The molecular formula is C15H26N2O3. The van der Waals surface area contributed by atoms with Crippen molar-refractivity contribution in [2.24, 2.45) is 5.92 Å². The smallest absolute Gasteiger partial charge is 0.309 e. The number of piperidine rings is 2. The highest BCUT2D eigenvalue weighted by atomic mass is 16.5. The molecule has 0 saturated carbocycles. The lowest BCUT2D eigenvalue weighted by Gasteiger charge is -2.40. The van der Waals surface area contributed by atoms with E-state index in [9.17, 15) is 9.59 Å². The molecule has 2 aliphatic rings. The number of hydrogen-bond donors (Lipinski definition) is 1. The van der Waals surface area contributed by atoms with Gasteiger partial charge in [0.2, 0.25) is 5.91 Å². The highest BCUT2D eigenvalue weighted by molar-refractivity contribution is 5.86. The van der Waals surface area contributed by atoms with Gasteiger partial charge >= 0.3 is 5.97 Å². The van der Waals surface area contributed by atoms with E-state index >= 15 is 0 Å². The first-order valence-corrected chi connectivity index (χ1v) is 7.78. The SMILES string of the molecule is CCOC(=O)C1CCN(C(=O)C2(C)CCCCN2)CC1. The molecule has 0 aromatic heterocycles. The number of ether oxygens (including phenoxy) is 1. The molecule has 1 amide bonds. The molecule has 2 aliphatic heterocycles. The molecule has 2 heterocycles. The van der Waals surface area contributed by atoms with Crippen LogP contribution in [0, 0.1) is 5.92 Å². The normalized spacial score (nSPS) is 28.2. The molecule has 1 atom stereocenters. The van der Waals surface area contributed by atoms with E-state index in [1.165, 1.54) is 0 Å². The van der Waals surface area contributed by atoms with Crippen LogP contribution in [0.25, 0.3) is 0 Å². The molecule has 0 bridgehead atoms. The summed E-state index contributed by atoms with van der Waals surface area (Å²) in [4.78, 5) is 26.2. The molecule has 2 rings (SSSR count). The first-order valence-electron chi connectivity index (χ1n) is 7.78. The largest absolute Gasteiger partial charge is 0.466 e. The van der Waals surface area contributed by atoms with Crippen molar-refractivity contribution in [3.63, 3.8) is 0 Å². The van der Waals surface area contributed by atoms with Crippen LogP contribution in [0.3, 0.4) is 0 Å². The highest BCUT2D eigenvalue weighted by Crippen LogP contribution is 2.25. The van der Waals surface area contributed by atoms with Crippen molar-refractivity contribution in [3.8, 4) is 0 Å². The number of nitrogens with zero attached hydrogens (tertiary/aromatic N) is 1. The van der Waals surface area contributed by atoms with Crippen molar-refractivity contribution in [1.29, 1.82) is 0 Å². The van der Waals surface area contributed by atoms with Gasteiger partial charge in [-0.05, 0) is 52.5 Å². The van der Waals surface area contributed by atoms with Gasteiger partial charge in [-0.2, -0.15) is 0 Å². The lowest BCUT2D eigenvalue weighted by Crippen LogP contribution is -2.59. The summed E-state index contributed by atoms with van der Waals surface area (Å²) in [7, 11) is 0. The Labute approximate surface area is 121 Å². The summed E-state index contributed by atoms with van der Waals surface area (Å²) in [6.45, 7) is 6.51. The Morgan fingerprint density at radius 3 is 2.55 bits per heavy atom. The number of likely N-dealkylation sites (tertiary alicyclic amines) is 1. The van der Waals surface area contributed by atoms with Crippen LogP contribution in [0.4, 0.5) is 0 Å². The maximum absolute atomic E-state index is 12.6. The molecule has 0 spiro atoms. The number of nitrogens with one attached hydrogen (secondary N) is 1. The summed E-state index contributed by atoms with van der Waals surface area (Å²) in [5.74, 6) is 0.0484. The van der Waals surface area contributed by atoms with Crippen LogP contribution in [0.15, 0.2) is 0 Å². The molecule has 5 nitrogen and oxygen atoms in total. The number of carbonyl (C=O) groups excluding carboxylic acids is 2. The minimum atomic E-state index is -0.408. The number of hydrogen-bond acceptors (Lipinski definition) is 4. The summed E-state index contributed by atoms with van der Waals surface area (Å²) >= 11 is 0.